The van der Waals surface area contributed by atoms with Gasteiger partial charge in [-0.1, -0.05) is 129 Å². The Morgan fingerprint density at radius 1 is 0.667 bits per heavy atom. The summed E-state index contributed by atoms with van der Waals surface area (Å²) in [5, 5.41) is 7.64. The summed E-state index contributed by atoms with van der Waals surface area (Å²) < 4.78 is 2.51. The molecule has 0 amide bonds. The molecule has 2 aliphatic rings. The first-order chi connectivity index (χ1) is 22.1. The molecule has 0 saturated carbocycles. The van der Waals surface area contributed by atoms with E-state index in [0.29, 0.717) is 0 Å². The average molecular weight is 598 g/mol. The topological polar surface area (TPSA) is 29.3 Å². The Morgan fingerprint density at radius 2 is 1.36 bits per heavy atom. The van der Waals surface area contributed by atoms with E-state index in [2.05, 4.69) is 163 Å². The van der Waals surface area contributed by atoms with Crippen LogP contribution in [0.4, 0.5) is 0 Å². The van der Waals surface area contributed by atoms with Crippen molar-refractivity contribution in [1.82, 2.24) is 9.88 Å². The number of amidine groups is 1. The summed E-state index contributed by atoms with van der Waals surface area (Å²) in [4.78, 5) is 6.50. The van der Waals surface area contributed by atoms with Gasteiger partial charge < -0.3 is 9.88 Å². The van der Waals surface area contributed by atoms with Crippen molar-refractivity contribution in [2.75, 3.05) is 0 Å². The lowest BCUT2D eigenvalue weighted by Gasteiger charge is -2.32. The molecule has 0 aliphatic carbocycles. The highest BCUT2D eigenvalue weighted by Crippen LogP contribution is 2.51. The monoisotopic (exact) mass is 597 g/mol. The summed E-state index contributed by atoms with van der Waals surface area (Å²) in [6, 6.07) is 47.9. The van der Waals surface area contributed by atoms with Crippen molar-refractivity contribution in [1.29, 1.82) is 0 Å². The molecule has 0 spiro atoms. The molecular weight excluding hydrogens is 567 g/mol. The molecule has 9 rings (SSSR count). The smallest absolute Gasteiger partial charge is 0.133 e. The zero-order chi connectivity index (χ0) is 30.1. The van der Waals surface area contributed by atoms with E-state index in [0.717, 1.165) is 22.7 Å². The van der Waals surface area contributed by atoms with Crippen LogP contribution in [0.3, 0.4) is 0 Å². The number of hydrogen-bond donors (Lipinski definition) is 1. The zero-order valence-electron chi connectivity index (χ0n) is 25.2. The minimum Gasteiger partial charge on any atom is -0.340 e. The van der Waals surface area contributed by atoms with Crippen LogP contribution in [-0.4, -0.2) is 10.4 Å². The quantitative estimate of drug-likeness (QED) is 0.215. The van der Waals surface area contributed by atoms with E-state index in [1.807, 2.05) is 11.3 Å². The molecule has 1 N–H and O–H groups in total. The Bertz CT molecular complexity index is 2320. The maximum atomic E-state index is 5.23. The predicted molar refractivity (Wildman–Crippen MR) is 189 cm³/mol. The molecule has 4 heterocycles. The molecule has 4 heteroatoms. The second-order valence-corrected chi connectivity index (χ2v) is 13.5. The van der Waals surface area contributed by atoms with E-state index in [9.17, 15) is 0 Å². The summed E-state index contributed by atoms with van der Waals surface area (Å²) in [5.41, 5.74) is 11.0. The molecule has 45 heavy (non-hydrogen) atoms. The molecule has 2 aliphatic heterocycles. The van der Waals surface area contributed by atoms with Crippen molar-refractivity contribution in [2.45, 2.75) is 25.3 Å². The Hall–Kier alpha value is -5.19. The fraction of sp³-hybridized carbons (Fsp3) is 0.0976. The van der Waals surface area contributed by atoms with E-state index in [1.165, 1.54) is 53.9 Å². The van der Waals surface area contributed by atoms with E-state index >= 15 is 0 Å². The first kappa shape index (κ1) is 26.2. The average Bonchev–Trinajstić information content (AvgIpc) is 3.69. The second-order valence-electron chi connectivity index (χ2n) is 12.5. The van der Waals surface area contributed by atoms with E-state index in [-0.39, 0.29) is 11.5 Å². The number of thiophene rings is 1. The Balaban J connectivity index is 1.17. The van der Waals surface area contributed by atoms with Crippen LogP contribution in [0.15, 0.2) is 145 Å². The van der Waals surface area contributed by atoms with Gasteiger partial charge in [0.1, 0.15) is 10.8 Å². The molecule has 1 atom stereocenters. The lowest BCUT2D eigenvalue weighted by atomic mass is 9.76. The van der Waals surface area contributed by atoms with Gasteiger partial charge in [-0.2, -0.15) is 0 Å². The fourth-order valence-electron chi connectivity index (χ4n) is 7.13. The van der Waals surface area contributed by atoms with Crippen molar-refractivity contribution >= 4 is 44.7 Å². The minimum atomic E-state index is -0.112. The van der Waals surface area contributed by atoms with Crippen LogP contribution in [0.5, 0.6) is 0 Å². The van der Waals surface area contributed by atoms with Gasteiger partial charge in [-0.15, -0.1) is 11.3 Å². The molecule has 0 bridgehead atoms. The number of aromatic nitrogens is 1. The van der Waals surface area contributed by atoms with E-state index in [4.69, 9.17) is 4.99 Å². The summed E-state index contributed by atoms with van der Waals surface area (Å²) in [6.07, 6.45) is 2.23. The molecule has 3 nitrogen and oxygen atoms in total. The van der Waals surface area contributed by atoms with Crippen LogP contribution in [0, 0.1) is 0 Å². The van der Waals surface area contributed by atoms with Crippen LogP contribution in [0.1, 0.15) is 47.7 Å². The standard InChI is InChI=1S/C41H31N3S/c1-41(2)32-21-12-20-31-30-19-9-10-22-36(30)44(38(31)32)40-33(41)24-37(45-40)28-17-11-18-29(23-28)39-42-34(26-13-5-3-6-14-26)25-35(43-39)27-15-7-4-8-16-27/h3-25,34H,1-2H3,(H,42,43). The number of fused-ring (bicyclic) bond motifs is 5. The first-order valence-electron chi connectivity index (χ1n) is 15.5. The summed E-state index contributed by atoms with van der Waals surface area (Å²) in [6.45, 7) is 4.74. The molecule has 1 unspecified atom stereocenters. The van der Waals surface area contributed by atoms with E-state index < -0.39 is 0 Å². The lowest BCUT2D eigenvalue weighted by molar-refractivity contribution is 0.635. The highest BCUT2D eigenvalue weighted by atomic mass is 32.1. The van der Waals surface area contributed by atoms with Gasteiger partial charge in [-0.3, -0.25) is 4.99 Å². The molecule has 5 aromatic carbocycles. The number of aliphatic imine (C=N–C) groups is 1. The van der Waals surface area contributed by atoms with Crippen LogP contribution in [-0.2, 0) is 5.41 Å². The maximum absolute atomic E-state index is 5.23. The predicted octanol–water partition coefficient (Wildman–Crippen LogP) is 10.3. The molecule has 0 radical (unpaired) electrons. The van der Waals surface area contributed by atoms with Gasteiger partial charge in [0.25, 0.3) is 0 Å². The van der Waals surface area contributed by atoms with Crippen molar-refractivity contribution in [3.63, 3.8) is 0 Å². The first-order valence-corrected chi connectivity index (χ1v) is 16.3. The van der Waals surface area contributed by atoms with Crippen molar-refractivity contribution in [2.24, 2.45) is 4.99 Å². The zero-order valence-corrected chi connectivity index (χ0v) is 26.0. The number of benzene rings is 5. The van der Waals surface area contributed by atoms with Gasteiger partial charge in [-0.25, -0.2) is 0 Å². The van der Waals surface area contributed by atoms with Gasteiger partial charge in [0.05, 0.1) is 17.1 Å². The number of para-hydroxylation sites is 2. The fourth-order valence-corrected chi connectivity index (χ4v) is 8.46. The van der Waals surface area contributed by atoms with Crippen LogP contribution >= 0.6 is 11.3 Å². The van der Waals surface area contributed by atoms with Crippen LogP contribution < -0.4 is 5.32 Å². The summed E-state index contributed by atoms with van der Waals surface area (Å²) in [7, 11) is 0. The van der Waals surface area contributed by atoms with Gasteiger partial charge in [-0.05, 0) is 52.1 Å². The van der Waals surface area contributed by atoms with Gasteiger partial charge >= 0.3 is 0 Å². The summed E-state index contributed by atoms with van der Waals surface area (Å²) in [5.74, 6) is 0.888. The van der Waals surface area contributed by atoms with Gasteiger partial charge in [0, 0.05) is 32.3 Å². The molecular formula is C41H31N3S. The third kappa shape index (κ3) is 4.06. The largest absolute Gasteiger partial charge is 0.340 e. The Labute approximate surface area is 266 Å². The minimum absolute atomic E-state index is 0.0703. The maximum Gasteiger partial charge on any atom is 0.133 e. The number of rotatable bonds is 4. The van der Waals surface area contributed by atoms with Crippen molar-refractivity contribution in [3.8, 4) is 15.4 Å². The third-order valence-electron chi connectivity index (χ3n) is 9.45. The Morgan fingerprint density at radius 3 is 2.20 bits per heavy atom. The lowest BCUT2D eigenvalue weighted by Crippen LogP contribution is -2.27. The van der Waals surface area contributed by atoms with Crippen LogP contribution in [0.25, 0.3) is 42.9 Å². The Kier molecular flexibility index (Phi) is 5.78. The SMILES string of the molecule is CC1(C)c2cc(-c3cccc(C4=NC(c5ccccc5)C=C(c5ccccc5)N4)c3)sc2-n2c3ccccc3c3cccc1c32. The van der Waals surface area contributed by atoms with Crippen molar-refractivity contribution < 1.29 is 0 Å². The molecule has 0 saturated heterocycles. The molecule has 216 valence electrons. The van der Waals surface area contributed by atoms with E-state index in [1.54, 1.807) is 0 Å². The number of nitrogens with zero attached hydrogens (tertiary/aromatic N) is 2. The van der Waals surface area contributed by atoms with Crippen molar-refractivity contribution in [3.05, 3.63) is 167 Å². The summed E-state index contributed by atoms with van der Waals surface area (Å²) >= 11 is 1.89. The van der Waals surface area contributed by atoms with Gasteiger partial charge in [0.15, 0.2) is 0 Å². The molecule has 2 aromatic heterocycles. The normalized spacial score (nSPS) is 16.6. The molecule has 0 fully saturated rings. The molecule has 7 aromatic rings. The number of nitrogens with one attached hydrogen (secondary N) is 1. The van der Waals surface area contributed by atoms with Gasteiger partial charge in [0.2, 0.25) is 0 Å². The van der Waals surface area contributed by atoms with Crippen LogP contribution in [0.2, 0.25) is 0 Å². The third-order valence-corrected chi connectivity index (χ3v) is 10.6. The second kappa shape index (κ2) is 9.91. The number of hydrogen-bond acceptors (Lipinski definition) is 3. The highest BCUT2D eigenvalue weighted by Gasteiger charge is 2.37. The highest BCUT2D eigenvalue weighted by molar-refractivity contribution is 7.18.